The minimum absolute atomic E-state index is 0.0688. The molecule has 0 aliphatic heterocycles. The zero-order chi connectivity index (χ0) is 20.4. The maximum atomic E-state index is 12.6. The van der Waals surface area contributed by atoms with Crippen molar-refractivity contribution in [3.63, 3.8) is 0 Å². The Morgan fingerprint density at radius 2 is 1.83 bits per heavy atom. The van der Waals surface area contributed by atoms with Gasteiger partial charge in [0, 0.05) is 27.2 Å². The van der Waals surface area contributed by atoms with E-state index in [4.69, 9.17) is 9.15 Å². The molecule has 0 bridgehead atoms. The van der Waals surface area contributed by atoms with Crippen LogP contribution in [0.1, 0.15) is 10.4 Å². The fourth-order valence-corrected chi connectivity index (χ4v) is 3.14. The Morgan fingerprint density at radius 1 is 1.03 bits per heavy atom. The number of nitrogens with zero attached hydrogens (tertiary/aromatic N) is 2. The van der Waals surface area contributed by atoms with Gasteiger partial charge in [0.2, 0.25) is 5.88 Å². The quantitative estimate of drug-likeness (QED) is 0.465. The lowest BCUT2D eigenvalue weighted by Crippen LogP contribution is -2.20. The average molecular weight is 452 g/mol. The van der Waals surface area contributed by atoms with Crippen LogP contribution in [0.3, 0.4) is 0 Å². The highest BCUT2D eigenvalue weighted by atomic mass is 79.9. The van der Waals surface area contributed by atoms with Gasteiger partial charge in [0.1, 0.15) is 11.1 Å². The molecule has 0 saturated carbocycles. The first-order valence-electron chi connectivity index (χ1n) is 8.56. The highest BCUT2D eigenvalue weighted by Crippen LogP contribution is 2.22. The number of anilines is 1. The third-order valence-electron chi connectivity index (χ3n) is 4.23. The molecule has 29 heavy (non-hydrogen) atoms. The van der Waals surface area contributed by atoms with Gasteiger partial charge in [-0.15, -0.1) is 10.2 Å². The van der Waals surface area contributed by atoms with Gasteiger partial charge in [-0.1, -0.05) is 28.1 Å². The van der Waals surface area contributed by atoms with Crippen molar-refractivity contribution in [2.45, 2.75) is 0 Å². The van der Waals surface area contributed by atoms with E-state index in [1.54, 1.807) is 54.6 Å². The summed E-state index contributed by atoms with van der Waals surface area (Å²) >= 11 is 3.36. The van der Waals surface area contributed by atoms with E-state index in [-0.39, 0.29) is 5.56 Å². The Kier molecular flexibility index (Phi) is 5.09. The molecule has 144 valence electrons. The predicted molar refractivity (Wildman–Crippen MR) is 112 cm³/mol. The molecule has 0 atom stereocenters. The van der Waals surface area contributed by atoms with Crippen LogP contribution < -0.4 is 15.7 Å². The Morgan fingerprint density at radius 3 is 2.52 bits per heavy atom. The van der Waals surface area contributed by atoms with Crippen molar-refractivity contribution in [1.82, 2.24) is 10.2 Å². The lowest BCUT2D eigenvalue weighted by atomic mass is 10.1. The first-order chi connectivity index (χ1) is 14.0. The van der Waals surface area contributed by atoms with Crippen LogP contribution in [0, 0.1) is 0 Å². The van der Waals surface area contributed by atoms with Gasteiger partial charge in [0.15, 0.2) is 0 Å². The summed E-state index contributed by atoms with van der Waals surface area (Å²) in [6.07, 6.45) is 0. The zero-order valence-corrected chi connectivity index (χ0v) is 16.8. The second kappa shape index (κ2) is 7.84. The standard InChI is InChI=1S/C21H14BrN3O4/c1-28-19-9-7-17(24-25-19)12-2-5-15(6-3-12)23-20(26)16-11-13-10-14(22)4-8-18(13)29-21(16)27/h2-11H,1H3,(H,23,26). The van der Waals surface area contributed by atoms with Gasteiger partial charge in [-0.25, -0.2) is 4.79 Å². The molecule has 2 aromatic carbocycles. The number of methoxy groups -OCH3 is 1. The number of carbonyl (C=O) groups is 1. The fourth-order valence-electron chi connectivity index (χ4n) is 2.76. The molecule has 0 radical (unpaired) electrons. The number of fused-ring (bicyclic) bond motifs is 1. The van der Waals surface area contributed by atoms with E-state index in [1.165, 1.54) is 13.2 Å². The topological polar surface area (TPSA) is 94.3 Å². The Labute approximate surface area is 173 Å². The number of benzene rings is 2. The highest BCUT2D eigenvalue weighted by Gasteiger charge is 2.14. The van der Waals surface area contributed by atoms with Gasteiger partial charge in [-0.05, 0) is 42.5 Å². The molecule has 0 aliphatic carbocycles. The second-order valence-electron chi connectivity index (χ2n) is 6.12. The van der Waals surface area contributed by atoms with Crippen molar-refractivity contribution in [3.8, 4) is 17.1 Å². The van der Waals surface area contributed by atoms with Crippen LogP contribution >= 0.6 is 15.9 Å². The maximum Gasteiger partial charge on any atom is 0.349 e. The molecule has 0 unspecified atom stereocenters. The van der Waals surface area contributed by atoms with Gasteiger partial charge in [0.05, 0.1) is 12.8 Å². The number of aromatic nitrogens is 2. The van der Waals surface area contributed by atoms with Crippen LogP contribution in [0.2, 0.25) is 0 Å². The van der Waals surface area contributed by atoms with Gasteiger partial charge in [-0.2, -0.15) is 0 Å². The lowest BCUT2D eigenvalue weighted by molar-refractivity contribution is 0.102. The molecular formula is C21H14BrN3O4. The molecule has 2 aromatic heterocycles. The minimum Gasteiger partial charge on any atom is -0.480 e. The Balaban J connectivity index is 1.56. The number of hydrogen-bond donors (Lipinski definition) is 1. The average Bonchev–Trinajstić information content (AvgIpc) is 2.74. The number of ether oxygens (including phenoxy) is 1. The van der Waals surface area contributed by atoms with E-state index < -0.39 is 11.5 Å². The van der Waals surface area contributed by atoms with Crippen molar-refractivity contribution < 1.29 is 13.9 Å². The SMILES string of the molecule is COc1ccc(-c2ccc(NC(=O)c3cc4cc(Br)ccc4oc3=O)cc2)nn1. The molecule has 2 heterocycles. The molecule has 1 N–H and O–H groups in total. The summed E-state index contributed by atoms with van der Waals surface area (Å²) in [4.78, 5) is 24.7. The van der Waals surface area contributed by atoms with Crippen molar-refractivity contribution in [2.24, 2.45) is 0 Å². The van der Waals surface area contributed by atoms with E-state index in [0.29, 0.717) is 28.2 Å². The third kappa shape index (κ3) is 4.02. The number of carbonyl (C=O) groups excluding carboxylic acids is 1. The van der Waals surface area contributed by atoms with E-state index in [0.717, 1.165) is 10.0 Å². The van der Waals surface area contributed by atoms with Crippen LogP contribution in [0.5, 0.6) is 5.88 Å². The third-order valence-corrected chi connectivity index (χ3v) is 4.72. The van der Waals surface area contributed by atoms with Gasteiger partial charge < -0.3 is 14.5 Å². The molecule has 4 rings (SSSR count). The molecule has 0 spiro atoms. The fraction of sp³-hybridized carbons (Fsp3) is 0.0476. The largest absolute Gasteiger partial charge is 0.480 e. The summed E-state index contributed by atoms with van der Waals surface area (Å²) in [7, 11) is 1.52. The molecule has 0 saturated heterocycles. The summed E-state index contributed by atoms with van der Waals surface area (Å²) in [5, 5.41) is 11.4. The predicted octanol–water partition coefficient (Wildman–Crippen LogP) is 4.27. The number of nitrogens with one attached hydrogen (secondary N) is 1. The first-order valence-corrected chi connectivity index (χ1v) is 9.36. The maximum absolute atomic E-state index is 12.6. The van der Waals surface area contributed by atoms with Gasteiger partial charge >= 0.3 is 5.63 Å². The van der Waals surface area contributed by atoms with Crippen molar-refractivity contribution >= 4 is 38.5 Å². The minimum atomic E-state index is -0.692. The van der Waals surface area contributed by atoms with Crippen molar-refractivity contribution in [2.75, 3.05) is 12.4 Å². The lowest BCUT2D eigenvalue weighted by Gasteiger charge is -2.07. The monoisotopic (exact) mass is 451 g/mol. The van der Waals surface area contributed by atoms with Gasteiger partial charge in [-0.3, -0.25) is 4.79 Å². The molecular weight excluding hydrogens is 438 g/mol. The first kappa shape index (κ1) is 18.8. The van der Waals surface area contributed by atoms with Crippen LogP contribution in [-0.4, -0.2) is 23.2 Å². The van der Waals surface area contributed by atoms with Crippen molar-refractivity contribution in [3.05, 3.63) is 81.1 Å². The summed E-state index contributed by atoms with van der Waals surface area (Å²) in [6, 6.07) is 17.3. The second-order valence-corrected chi connectivity index (χ2v) is 7.04. The highest BCUT2D eigenvalue weighted by molar-refractivity contribution is 9.10. The smallest absolute Gasteiger partial charge is 0.349 e. The van der Waals surface area contributed by atoms with Crippen LogP contribution in [0.25, 0.3) is 22.2 Å². The zero-order valence-electron chi connectivity index (χ0n) is 15.2. The van der Waals surface area contributed by atoms with Crippen LogP contribution in [0.4, 0.5) is 5.69 Å². The van der Waals surface area contributed by atoms with E-state index in [9.17, 15) is 9.59 Å². The Bertz CT molecular complexity index is 1250. The number of halogens is 1. The molecule has 0 aliphatic rings. The van der Waals surface area contributed by atoms with Gasteiger partial charge in [0.25, 0.3) is 5.91 Å². The summed E-state index contributed by atoms with van der Waals surface area (Å²) in [6.45, 7) is 0. The van der Waals surface area contributed by atoms with Crippen molar-refractivity contribution in [1.29, 1.82) is 0 Å². The van der Waals surface area contributed by atoms with Crippen LogP contribution in [-0.2, 0) is 0 Å². The number of rotatable bonds is 4. The number of amides is 1. The molecule has 1 amide bonds. The van der Waals surface area contributed by atoms with Crippen LogP contribution in [0.15, 0.2) is 74.3 Å². The normalized spacial score (nSPS) is 10.7. The van der Waals surface area contributed by atoms with E-state index >= 15 is 0 Å². The molecule has 4 aromatic rings. The summed E-state index contributed by atoms with van der Waals surface area (Å²) < 4.78 is 11.1. The Hall–Kier alpha value is -3.52. The number of hydrogen-bond acceptors (Lipinski definition) is 6. The van der Waals surface area contributed by atoms with E-state index in [1.807, 2.05) is 0 Å². The molecule has 0 fully saturated rings. The van der Waals surface area contributed by atoms with E-state index in [2.05, 4.69) is 31.4 Å². The molecule has 7 nitrogen and oxygen atoms in total. The molecule has 8 heteroatoms. The summed E-state index contributed by atoms with van der Waals surface area (Å²) in [5.41, 5.74) is 1.69. The summed E-state index contributed by atoms with van der Waals surface area (Å²) in [5.74, 6) is -0.114.